The fourth-order valence-corrected chi connectivity index (χ4v) is 8.22. The van der Waals surface area contributed by atoms with Gasteiger partial charge in [0.1, 0.15) is 11.2 Å². The molecule has 1 aliphatic rings. The standard InChI is InChI=1S/C47H33NO/c1-47(2)40-20-10-7-18-37(40)38-26-25-34(29-41(38)47)48(42-21-11-8-16-35(42)33-24-23-30-13-3-4-14-31(30)27-33)43-28-32-15-5-6-17-36(32)46-45(43)39-19-9-12-22-44(39)49-46/h3-29H,1-2H3. The Morgan fingerprint density at radius 2 is 1.14 bits per heavy atom. The number of benzene rings is 8. The summed E-state index contributed by atoms with van der Waals surface area (Å²) in [4.78, 5) is 2.47. The summed E-state index contributed by atoms with van der Waals surface area (Å²) in [6.45, 7) is 4.71. The molecule has 0 radical (unpaired) electrons. The van der Waals surface area contributed by atoms with E-state index in [-0.39, 0.29) is 5.41 Å². The summed E-state index contributed by atoms with van der Waals surface area (Å²) >= 11 is 0. The zero-order chi connectivity index (χ0) is 32.7. The second kappa shape index (κ2) is 10.4. The van der Waals surface area contributed by atoms with Crippen LogP contribution >= 0.6 is 0 Å². The third kappa shape index (κ3) is 4.14. The average molecular weight is 628 g/mol. The minimum absolute atomic E-state index is 0.132. The van der Waals surface area contributed by atoms with Crippen molar-refractivity contribution in [3.8, 4) is 22.3 Å². The van der Waals surface area contributed by atoms with Crippen LogP contribution in [0.15, 0.2) is 168 Å². The van der Waals surface area contributed by atoms with Gasteiger partial charge in [0.05, 0.1) is 16.8 Å². The van der Waals surface area contributed by atoms with E-state index in [0.717, 1.165) is 49.8 Å². The molecule has 10 rings (SSSR count). The third-order valence-corrected chi connectivity index (χ3v) is 10.6. The van der Waals surface area contributed by atoms with Gasteiger partial charge in [-0.3, -0.25) is 0 Å². The summed E-state index contributed by atoms with van der Waals surface area (Å²) in [5, 5.41) is 6.96. The van der Waals surface area contributed by atoms with E-state index in [1.54, 1.807) is 0 Å². The molecule has 2 heteroatoms. The molecule has 1 aliphatic carbocycles. The molecule has 0 aliphatic heterocycles. The van der Waals surface area contributed by atoms with Crippen molar-refractivity contribution >= 4 is 60.5 Å². The van der Waals surface area contributed by atoms with Gasteiger partial charge in [-0.1, -0.05) is 141 Å². The highest BCUT2D eigenvalue weighted by molar-refractivity contribution is 6.22. The Morgan fingerprint density at radius 3 is 2.02 bits per heavy atom. The van der Waals surface area contributed by atoms with Crippen molar-refractivity contribution < 1.29 is 4.42 Å². The minimum atomic E-state index is -0.132. The zero-order valence-electron chi connectivity index (χ0n) is 27.4. The highest BCUT2D eigenvalue weighted by Crippen LogP contribution is 2.53. The van der Waals surface area contributed by atoms with Crippen LogP contribution in [0.4, 0.5) is 17.1 Å². The maximum atomic E-state index is 6.71. The second-order valence-corrected chi connectivity index (χ2v) is 13.7. The van der Waals surface area contributed by atoms with Gasteiger partial charge >= 0.3 is 0 Å². The van der Waals surface area contributed by atoms with Crippen molar-refractivity contribution in [2.75, 3.05) is 4.90 Å². The number of nitrogens with zero attached hydrogens (tertiary/aromatic N) is 1. The highest BCUT2D eigenvalue weighted by atomic mass is 16.3. The molecule has 0 bridgehead atoms. The van der Waals surface area contributed by atoms with E-state index in [9.17, 15) is 0 Å². The van der Waals surface area contributed by atoms with Gasteiger partial charge in [0.25, 0.3) is 0 Å². The van der Waals surface area contributed by atoms with E-state index in [2.05, 4.69) is 183 Å². The van der Waals surface area contributed by atoms with Crippen molar-refractivity contribution in [2.24, 2.45) is 0 Å². The van der Waals surface area contributed by atoms with Crippen molar-refractivity contribution in [2.45, 2.75) is 19.3 Å². The van der Waals surface area contributed by atoms with Crippen LogP contribution in [0, 0.1) is 0 Å². The first-order chi connectivity index (χ1) is 24.1. The van der Waals surface area contributed by atoms with Crippen LogP contribution in [0.25, 0.3) is 65.7 Å². The molecule has 232 valence electrons. The Labute approximate surface area is 285 Å². The molecule has 1 aromatic heterocycles. The van der Waals surface area contributed by atoms with E-state index in [0.29, 0.717) is 0 Å². The van der Waals surface area contributed by atoms with Crippen molar-refractivity contribution in [3.63, 3.8) is 0 Å². The zero-order valence-corrected chi connectivity index (χ0v) is 27.4. The number of hydrogen-bond acceptors (Lipinski definition) is 2. The summed E-state index contributed by atoms with van der Waals surface area (Å²) < 4.78 is 6.71. The lowest BCUT2D eigenvalue weighted by molar-refractivity contribution is 0.660. The Kier molecular flexibility index (Phi) is 5.95. The summed E-state index contributed by atoms with van der Waals surface area (Å²) in [5.74, 6) is 0. The smallest absolute Gasteiger partial charge is 0.145 e. The van der Waals surface area contributed by atoms with E-state index in [4.69, 9.17) is 4.42 Å². The molecule has 0 fully saturated rings. The second-order valence-electron chi connectivity index (χ2n) is 13.7. The number of furan rings is 1. The van der Waals surface area contributed by atoms with E-state index in [1.165, 1.54) is 44.2 Å². The number of para-hydroxylation sites is 2. The molecule has 9 aromatic rings. The topological polar surface area (TPSA) is 16.4 Å². The van der Waals surface area contributed by atoms with E-state index in [1.807, 2.05) is 0 Å². The SMILES string of the molecule is CC1(C)c2ccccc2-c2ccc(N(c3ccccc3-c3ccc4ccccc4c3)c3cc4ccccc4c4oc5ccccc5c34)cc21. The van der Waals surface area contributed by atoms with Gasteiger partial charge in [-0.2, -0.15) is 0 Å². The molecule has 0 unspecified atom stereocenters. The molecule has 8 aromatic carbocycles. The number of anilines is 3. The van der Waals surface area contributed by atoms with Gasteiger partial charge in [0.15, 0.2) is 0 Å². The summed E-state index contributed by atoms with van der Waals surface area (Å²) in [6.07, 6.45) is 0. The van der Waals surface area contributed by atoms with Crippen LogP contribution < -0.4 is 4.90 Å². The lowest BCUT2D eigenvalue weighted by Crippen LogP contribution is -2.17. The molecule has 0 saturated heterocycles. The predicted molar refractivity (Wildman–Crippen MR) is 206 cm³/mol. The minimum Gasteiger partial charge on any atom is -0.455 e. The molecule has 0 saturated carbocycles. The fraction of sp³-hybridized carbons (Fsp3) is 0.0638. The summed E-state index contributed by atoms with van der Waals surface area (Å²) in [6, 6.07) is 59.5. The van der Waals surface area contributed by atoms with Crippen LogP contribution in [-0.4, -0.2) is 0 Å². The summed E-state index contributed by atoms with van der Waals surface area (Å²) in [5.41, 5.74) is 12.7. The van der Waals surface area contributed by atoms with Gasteiger partial charge in [0.2, 0.25) is 0 Å². The van der Waals surface area contributed by atoms with Gasteiger partial charge in [0, 0.05) is 27.4 Å². The van der Waals surface area contributed by atoms with Crippen molar-refractivity contribution in [3.05, 3.63) is 175 Å². The molecule has 1 heterocycles. The lowest BCUT2D eigenvalue weighted by atomic mass is 9.82. The molecule has 0 spiro atoms. The first-order valence-corrected chi connectivity index (χ1v) is 17.0. The molecular weight excluding hydrogens is 595 g/mol. The molecule has 0 atom stereocenters. The van der Waals surface area contributed by atoms with E-state index >= 15 is 0 Å². The maximum absolute atomic E-state index is 6.71. The molecule has 2 nitrogen and oxygen atoms in total. The van der Waals surface area contributed by atoms with Crippen LogP contribution in [0.1, 0.15) is 25.0 Å². The van der Waals surface area contributed by atoms with Crippen LogP contribution in [0.2, 0.25) is 0 Å². The molecule has 0 N–H and O–H groups in total. The maximum Gasteiger partial charge on any atom is 0.145 e. The molecule has 49 heavy (non-hydrogen) atoms. The Balaban J connectivity index is 1.31. The third-order valence-electron chi connectivity index (χ3n) is 10.6. The van der Waals surface area contributed by atoms with Gasteiger partial charge in [-0.05, 0) is 80.4 Å². The number of fused-ring (bicyclic) bond motifs is 9. The quantitative estimate of drug-likeness (QED) is 0.193. The van der Waals surface area contributed by atoms with Crippen molar-refractivity contribution in [1.29, 1.82) is 0 Å². The van der Waals surface area contributed by atoms with Crippen LogP contribution in [-0.2, 0) is 5.41 Å². The summed E-state index contributed by atoms with van der Waals surface area (Å²) in [7, 11) is 0. The fourth-order valence-electron chi connectivity index (χ4n) is 8.22. The Morgan fingerprint density at radius 1 is 0.469 bits per heavy atom. The Bertz CT molecular complexity index is 2770. The van der Waals surface area contributed by atoms with Gasteiger partial charge in [-0.15, -0.1) is 0 Å². The lowest BCUT2D eigenvalue weighted by Gasteiger charge is -2.30. The highest BCUT2D eigenvalue weighted by Gasteiger charge is 2.36. The van der Waals surface area contributed by atoms with Gasteiger partial charge < -0.3 is 9.32 Å². The van der Waals surface area contributed by atoms with E-state index < -0.39 is 0 Å². The monoisotopic (exact) mass is 627 g/mol. The van der Waals surface area contributed by atoms with Crippen LogP contribution in [0.5, 0.6) is 0 Å². The predicted octanol–water partition coefficient (Wildman–Crippen LogP) is 13.3. The molecule has 0 amide bonds. The number of hydrogen-bond donors (Lipinski definition) is 0. The largest absolute Gasteiger partial charge is 0.455 e. The normalized spacial score (nSPS) is 13.3. The Hall–Kier alpha value is -6.12. The first kappa shape index (κ1) is 27.9. The first-order valence-electron chi connectivity index (χ1n) is 17.0. The molecular formula is C47H33NO. The number of rotatable bonds is 4. The average Bonchev–Trinajstić information content (AvgIpc) is 3.65. The van der Waals surface area contributed by atoms with Crippen molar-refractivity contribution in [1.82, 2.24) is 0 Å². The van der Waals surface area contributed by atoms with Crippen LogP contribution in [0.3, 0.4) is 0 Å². The van der Waals surface area contributed by atoms with Gasteiger partial charge in [-0.25, -0.2) is 0 Å².